The van der Waals surface area contributed by atoms with E-state index in [-0.39, 0.29) is 17.4 Å². The standard InChI is InChI=1S/C13H19N3O3/c1-9(2)11-10(5-19-15-11)12(17)16-3-4-18-13(8-16)6-14-7-13/h5,9,14H,3-4,6-8H2,1-2H3. The third kappa shape index (κ3) is 2.15. The summed E-state index contributed by atoms with van der Waals surface area (Å²) < 4.78 is 10.8. The molecule has 0 aromatic carbocycles. The maximum Gasteiger partial charge on any atom is 0.259 e. The van der Waals surface area contributed by atoms with Crippen LogP contribution in [0.3, 0.4) is 0 Å². The molecule has 6 heteroatoms. The molecule has 0 aliphatic carbocycles. The van der Waals surface area contributed by atoms with Crippen LogP contribution < -0.4 is 5.32 Å². The Labute approximate surface area is 112 Å². The first-order valence-corrected chi connectivity index (χ1v) is 6.69. The first kappa shape index (κ1) is 12.6. The summed E-state index contributed by atoms with van der Waals surface area (Å²) in [7, 11) is 0. The molecule has 0 unspecified atom stereocenters. The summed E-state index contributed by atoms with van der Waals surface area (Å²) in [5.41, 5.74) is 1.14. The van der Waals surface area contributed by atoms with Crippen molar-refractivity contribution in [3.8, 4) is 0 Å². The lowest BCUT2D eigenvalue weighted by atomic mass is 9.94. The summed E-state index contributed by atoms with van der Waals surface area (Å²) >= 11 is 0. The van der Waals surface area contributed by atoms with Gasteiger partial charge in [-0.25, -0.2) is 0 Å². The number of nitrogens with one attached hydrogen (secondary N) is 1. The summed E-state index contributed by atoms with van der Waals surface area (Å²) in [5, 5.41) is 7.14. The summed E-state index contributed by atoms with van der Waals surface area (Å²) in [4.78, 5) is 14.4. The second kappa shape index (κ2) is 4.61. The Morgan fingerprint density at radius 3 is 2.95 bits per heavy atom. The minimum Gasteiger partial charge on any atom is -0.369 e. The SMILES string of the molecule is CC(C)c1nocc1C(=O)N1CCOC2(CNC2)C1. The molecule has 1 spiro atoms. The summed E-state index contributed by atoms with van der Waals surface area (Å²) in [6.45, 7) is 7.51. The second-order valence-corrected chi connectivity index (χ2v) is 5.63. The highest BCUT2D eigenvalue weighted by atomic mass is 16.5. The molecule has 0 bridgehead atoms. The monoisotopic (exact) mass is 265 g/mol. The first-order chi connectivity index (χ1) is 9.11. The molecule has 1 amide bonds. The van der Waals surface area contributed by atoms with Gasteiger partial charge >= 0.3 is 0 Å². The Morgan fingerprint density at radius 2 is 2.32 bits per heavy atom. The lowest BCUT2D eigenvalue weighted by molar-refractivity contribution is -0.126. The van der Waals surface area contributed by atoms with Crippen molar-refractivity contribution in [3.63, 3.8) is 0 Å². The number of ether oxygens (including phenoxy) is 1. The topological polar surface area (TPSA) is 67.6 Å². The number of carbonyl (C=O) groups is 1. The molecule has 0 radical (unpaired) electrons. The van der Waals surface area contributed by atoms with Gasteiger partial charge in [-0.15, -0.1) is 0 Å². The van der Waals surface area contributed by atoms with E-state index < -0.39 is 0 Å². The Hall–Kier alpha value is -1.40. The molecule has 2 aliphatic rings. The van der Waals surface area contributed by atoms with E-state index in [1.807, 2.05) is 18.7 Å². The van der Waals surface area contributed by atoms with Gasteiger partial charge in [0.15, 0.2) is 0 Å². The Kier molecular flexibility index (Phi) is 3.06. The highest BCUT2D eigenvalue weighted by molar-refractivity contribution is 5.95. The molecule has 1 aromatic heterocycles. The molecule has 6 nitrogen and oxygen atoms in total. The van der Waals surface area contributed by atoms with Crippen molar-refractivity contribution in [2.45, 2.75) is 25.4 Å². The Bertz CT molecular complexity index is 479. The van der Waals surface area contributed by atoms with Crippen LogP contribution in [0.4, 0.5) is 0 Å². The van der Waals surface area contributed by atoms with E-state index in [0.29, 0.717) is 25.3 Å². The number of morpholine rings is 1. The van der Waals surface area contributed by atoms with Crippen LogP contribution in [0.5, 0.6) is 0 Å². The number of amides is 1. The van der Waals surface area contributed by atoms with Crippen LogP contribution in [0.25, 0.3) is 0 Å². The average Bonchev–Trinajstić information content (AvgIpc) is 2.85. The van der Waals surface area contributed by atoms with Crippen molar-refractivity contribution in [2.75, 3.05) is 32.8 Å². The Morgan fingerprint density at radius 1 is 1.53 bits per heavy atom. The quantitative estimate of drug-likeness (QED) is 0.848. The van der Waals surface area contributed by atoms with E-state index >= 15 is 0 Å². The van der Waals surface area contributed by atoms with Crippen molar-refractivity contribution in [2.24, 2.45) is 0 Å². The van der Waals surface area contributed by atoms with Crippen LogP contribution >= 0.6 is 0 Å². The lowest BCUT2D eigenvalue weighted by Gasteiger charge is -2.48. The molecule has 2 fully saturated rings. The van der Waals surface area contributed by atoms with Crippen molar-refractivity contribution in [1.29, 1.82) is 0 Å². The zero-order chi connectivity index (χ0) is 13.5. The molecular weight excluding hydrogens is 246 g/mol. The van der Waals surface area contributed by atoms with Crippen molar-refractivity contribution >= 4 is 5.91 Å². The zero-order valence-corrected chi connectivity index (χ0v) is 11.3. The van der Waals surface area contributed by atoms with Crippen LogP contribution in [0.15, 0.2) is 10.8 Å². The molecule has 104 valence electrons. The number of carbonyl (C=O) groups excluding carboxylic acids is 1. The largest absolute Gasteiger partial charge is 0.369 e. The van der Waals surface area contributed by atoms with Crippen LogP contribution in [0.2, 0.25) is 0 Å². The third-order valence-electron chi connectivity index (χ3n) is 3.80. The smallest absolute Gasteiger partial charge is 0.259 e. The van der Waals surface area contributed by atoms with E-state index in [1.165, 1.54) is 6.26 Å². The maximum atomic E-state index is 12.6. The first-order valence-electron chi connectivity index (χ1n) is 6.69. The van der Waals surface area contributed by atoms with E-state index in [0.717, 1.165) is 18.8 Å². The summed E-state index contributed by atoms with van der Waals surface area (Å²) in [5.74, 6) is 0.178. The molecule has 3 heterocycles. The van der Waals surface area contributed by atoms with Gasteiger partial charge in [0, 0.05) is 19.6 Å². The van der Waals surface area contributed by atoms with Gasteiger partial charge < -0.3 is 19.5 Å². The molecule has 0 atom stereocenters. The fourth-order valence-electron chi connectivity index (χ4n) is 2.63. The minimum atomic E-state index is -0.178. The molecular formula is C13H19N3O3. The average molecular weight is 265 g/mol. The number of aromatic nitrogens is 1. The zero-order valence-electron chi connectivity index (χ0n) is 11.3. The van der Waals surface area contributed by atoms with Gasteiger partial charge in [-0.2, -0.15) is 0 Å². The van der Waals surface area contributed by atoms with Gasteiger partial charge in [0.05, 0.1) is 18.8 Å². The van der Waals surface area contributed by atoms with Crippen molar-refractivity contribution in [1.82, 2.24) is 15.4 Å². The fourth-order valence-corrected chi connectivity index (χ4v) is 2.63. The van der Waals surface area contributed by atoms with Crippen LogP contribution in [0.1, 0.15) is 35.8 Å². The number of rotatable bonds is 2. The van der Waals surface area contributed by atoms with Gasteiger partial charge in [0.25, 0.3) is 5.91 Å². The molecule has 1 aromatic rings. The van der Waals surface area contributed by atoms with Gasteiger partial charge in [0.1, 0.15) is 17.4 Å². The van der Waals surface area contributed by atoms with Gasteiger partial charge in [0.2, 0.25) is 0 Å². The number of hydrogen-bond acceptors (Lipinski definition) is 5. The van der Waals surface area contributed by atoms with Crippen molar-refractivity contribution < 1.29 is 14.1 Å². The summed E-state index contributed by atoms with van der Waals surface area (Å²) in [6.07, 6.45) is 1.46. The molecule has 1 N–H and O–H groups in total. The van der Waals surface area contributed by atoms with Crippen LogP contribution in [-0.4, -0.2) is 54.4 Å². The van der Waals surface area contributed by atoms with Gasteiger partial charge in [-0.05, 0) is 5.92 Å². The number of nitrogens with zero attached hydrogens (tertiary/aromatic N) is 2. The molecule has 0 saturated carbocycles. The summed E-state index contributed by atoms with van der Waals surface area (Å²) in [6, 6.07) is 0. The Balaban J connectivity index is 1.77. The molecule has 2 aliphatic heterocycles. The minimum absolute atomic E-state index is 0.000440. The van der Waals surface area contributed by atoms with Gasteiger partial charge in [-0.1, -0.05) is 19.0 Å². The fraction of sp³-hybridized carbons (Fsp3) is 0.692. The third-order valence-corrected chi connectivity index (χ3v) is 3.80. The van der Waals surface area contributed by atoms with E-state index in [4.69, 9.17) is 9.26 Å². The molecule has 19 heavy (non-hydrogen) atoms. The van der Waals surface area contributed by atoms with E-state index in [2.05, 4.69) is 10.5 Å². The van der Waals surface area contributed by atoms with E-state index in [9.17, 15) is 4.79 Å². The van der Waals surface area contributed by atoms with Gasteiger partial charge in [-0.3, -0.25) is 4.79 Å². The normalized spacial score (nSPS) is 21.7. The predicted molar refractivity (Wildman–Crippen MR) is 68.0 cm³/mol. The predicted octanol–water partition coefficient (Wildman–Crippen LogP) is 0.612. The maximum absolute atomic E-state index is 12.6. The second-order valence-electron chi connectivity index (χ2n) is 5.63. The van der Waals surface area contributed by atoms with Crippen molar-refractivity contribution in [3.05, 3.63) is 17.5 Å². The number of hydrogen-bond donors (Lipinski definition) is 1. The van der Waals surface area contributed by atoms with Crippen LogP contribution in [-0.2, 0) is 4.74 Å². The molecule has 2 saturated heterocycles. The van der Waals surface area contributed by atoms with E-state index in [1.54, 1.807) is 0 Å². The lowest BCUT2D eigenvalue weighted by Crippen LogP contribution is -2.69. The highest BCUT2D eigenvalue weighted by Gasteiger charge is 2.43. The molecule has 3 rings (SSSR count). The van der Waals surface area contributed by atoms with Crippen LogP contribution in [0, 0.1) is 0 Å². The highest BCUT2D eigenvalue weighted by Crippen LogP contribution is 2.25.